The van der Waals surface area contributed by atoms with Gasteiger partial charge < -0.3 is 5.73 Å². The lowest BCUT2D eigenvalue weighted by atomic mass is 10.1. The van der Waals surface area contributed by atoms with Gasteiger partial charge in [0.1, 0.15) is 0 Å². The average molecular weight is 246 g/mol. The minimum Gasteiger partial charge on any atom is -0.399 e. The van der Waals surface area contributed by atoms with Crippen LogP contribution in [0.3, 0.4) is 0 Å². The van der Waals surface area contributed by atoms with Crippen molar-refractivity contribution in [1.29, 1.82) is 0 Å². The maximum atomic E-state index is 12.0. The topological polar surface area (TPSA) is 63.4 Å². The number of amides is 2. The number of benzene rings is 1. The molecule has 1 aliphatic heterocycles. The molecule has 2 amide bonds. The van der Waals surface area contributed by atoms with Crippen molar-refractivity contribution in [3.8, 4) is 0 Å². The van der Waals surface area contributed by atoms with Crippen molar-refractivity contribution in [3.05, 3.63) is 29.8 Å². The number of likely N-dealkylation sites (tertiary alicyclic amines) is 1. The lowest BCUT2D eigenvalue weighted by Crippen LogP contribution is -2.37. The summed E-state index contributed by atoms with van der Waals surface area (Å²) < 4.78 is 0. The van der Waals surface area contributed by atoms with Crippen LogP contribution in [0.2, 0.25) is 0 Å². The Balaban J connectivity index is 2.25. The highest BCUT2D eigenvalue weighted by molar-refractivity contribution is 5.96. The fraction of sp³-hybridized carbons (Fsp3) is 0.429. The average Bonchev–Trinajstić information content (AvgIpc) is 2.51. The molecule has 0 spiro atoms. The lowest BCUT2D eigenvalue weighted by Gasteiger charge is -2.26. The summed E-state index contributed by atoms with van der Waals surface area (Å²) in [4.78, 5) is 25.4. The first kappa shape index (κ1) is 12.6. The summed E-state index contributed by atoms with van der Waals surface area (Å²) in [5.41, 5.74) is 7.26. The van der Waals surface area contributed by atoms with E-state index in [2.05, 4.69) is 0 Å². The first-order chi connectivity index (χ1) is 8.59. The fourth-order valence-corrected chi connectivity index (χ4v) is 2.29. The minimum absolute atomic E-state index is 0.0678. The molecule has 4 nitrogen and oxygen atoms in total. The SMILES string of the molecule is CC(c1ccc(N)cc1)N1C(=O)CCCCC1=O. The summed E-state index contributed by atoms with van der Waals surface area (Å²) in [6.45, 7) is 1.88. The predicted octanol–water partition coefficient (Wildman–Crippen LogP) is 2.26. The molecule has 2 N–H and O–H groups in total. The van der Waals surface area contributed by atoms with E-state index in [1.807, 2.05) is 19.1 Å². The van der Waals surface area contributed by atoms with Gasteiger partial charge in [-0.3, -0.25) is 14.5 Å². The highest BCUT2D eigenvalue weighted by Gasteiger charge is 2.29. The van der Waals surface area contributed by atoms with Crippen LogP contribution in [0.4, 0.5) is 5.69 Å². The number of carbonyl (C=O) groups is 2. The summed E-state index contributed by atoms with van der Waals surface area (Å²) in [5, 5.41) is 0. The predicted molar refractivity (Wildman–Crippen MR) is 69.6 cm³/mol. The van der Waals surface area contributed by atoms with E-state index in [1.54, 1.807) is 12.1 Å². The van der Waals surface area contributed by atoms with Crippen LogP contribution in [0.5, 0.6) is 0 Å². The van der Waals surface area contributed by atoms with Crippen molar-refractivity contribution >= 4 is 17.5 Å². The molecule has 1 fully saturated rings. The van der Waals surface area contributed by atoms with Gasteiger partial charge in [0, 0.05) is 18.5 Å². The molecular weight excluding hydrogens is 228 g/mol. The van der Waals surface area contributed by atoms with Gasteiger partial charge in [0.25, 0.3) is 0 Å². The molecule has 1 aromatic carbocycles. The Bertz CT molecular complexity index is 435. The van der Waals surface area contributed by atoms with Gasteiger partial charge in [-0.2, -0.15) is 0 Å². The van der Waals surface area contributed by atoms with E-state index in [-0.39, 0.29) is 17.9 Å². The van der Waals surface area contributed by atoms with Gasteiger partial charge in [-0.05, 0) is 37.5 Å². The second-order valence-corrected chi connectivity index (χ2v) is 4.71. The number of hydrogen-bond acceptors (Lipinski definition) is 3. The van der Waals surface area contributed by atoms with Crippen LogP contribution in [-0.2, 0) is 9.59 Å². The van der Waals surface area contributed by atoms with Gasteiger partial charge in [-0.1, -0.05) is 12.1 Å². The largest absolute Gasteiger partial charge is 0.399 e. The smallest absolute Gasteiger partial charge is 0.229 e. The van der Waals surface area contributed by atoms with Gasteiger partial charge in [-0.25, -0.2) is 0 Å². The van der Waals surface area contributed by atoms with Crippen LogP contribution in [-0.4, -0.2) is 16.7 Å². The number of nitrogens with two attached hydrogens (primary N) is 1. The second kappa shape index (κ2) is 5.21. The van der Waals surface area contributed by atoms with Gasteiger partial charge in [-0.15, -0.1) is 0 Å². The molecule has 96 valence electrons. The Morgan fingerprint density at radius 1 is 1.06 bits per heavy atom. The van der Waals surface area contributed by atoms with Crippen LogP contribution in [0, 0.1) is 0 Å². The first-order valence-electron chi connectivity index (χ1n) is 6.30. The summed E-state index contributed by atoms with van der Waals surface area (Å²) in [7, 11) is 0. The normalized spacial score (nSPS) is 18.6. The second-order valence-electron chi connectivity index (χ2n) is 4.71. The third-order valence-corrected chi connectivity index (χ3v) is 3.37. The number of anilines is 1. The quantitative estimate of drug-likeness (QED) is 0.643. The Kier molecular flexibility index (Phi) is 3.65. The monoisotopic (exact) mass is 246 g/mol. The zero-order valence-corrected chi connectivity index (χ0v) is 10.6. The van der Waals surface area contributed by atoms with Crippen molar-refractivity contribution in [2.45, 2.75) is 38.6 Å². The summed E-state index contributed by atoms with van der Waals surface area (Å²) in [5.74, 6) is -0.136. The summed E-state index contributed by atoms with van der Waals surface area (Å²) in [6.07, 6.45) is 2.53. The third kappa shape index (κ3) is 2.53. The molecule has 4 heteroatoms. The molecule has 2 rings (SSSR count). The molecule has 1 atom stereocenters. The first-order valence-corrected chi connectivity index (χ1v) is 6.30. The van der Waals surface area contributed by atoms with Crippen molar-refractivity contribution in [2.75, 3.05) is 5.73 Å². The molecule has 0 aromatic heterocycles. The number of imide groups is 1. The van der Waals surface area contributed by atoms with Gasteiger partial charge in [0.2, 0.25) is 11.8 Å². The van der Waals surface area contributed by atoms with E-state index in [4.69, 9.17) is 5.73 Å². The van der Waals surface area contributed by atoms with Gasteiger partial charge >= 0.3 is 0 Å². The van der Waals surface area contributed by atoms with E-state index in [0.29, 0.717) is 18.5 Å². The van der Waals surface area contributed by atoms with E-state index >= 15 is 0 Å². The van der Waals surface area contributed by atoms with E-state index < -0.39 is 0 Å². The Morgan fingerprint density at radius 2 is 1.56 bits per heavy atom. The number of carbonyl (C=O) groups excluding carboxylic acids is 2. The van der Waals surface area contributed by atoms with E-state index in [0.717, 1.165) is 18.4 Å². The molecule has 0 saturated carbocycles. The molecule has 1 heterocycles. The van der Waals surface area contributed by atoms with Crippen LogP contribution < -0.4 is 5.73 Å². The maximum absolute atomic E-state index is 12.0. The van der Waals surface area contributed by atoms with Crippen LogP contribution >= 0.6 is 0 Å². The highest BCUT2D eigenvalue weighted by Crippen LogP contribution is 2.25. The number of hydrogen-bond donors (Lipinski definition) is 1. The molecule has 1 aliphatic rings. The van der Waals surface area contributed by atoms with Crippen LogP contribution in [0.1, 0.15) is 44.2 Å². The lowest BCUT2D eigenvalue weighted by molar-refractivity contribution is -0.146. The Hall–Kier alpha value is -1.84. The number of nitrogen functional groups attached to an aromatic ring is 1. The summed E-state index contributed by atoms with van der Waals surface area (Å²) in [6, 6.07) is 7.09. The third-order valence-electron chi connectivity index (χ3n) is 3.37. The fourth-order valence-electron chi connectivity index (χ4n) is 2.29. The van der Waals surface area contributed by atoms with E-state index in [1.165, 1.54) is 4.90 Å². The number of nitrogens with zero attached hydrogens (tertiary/aromatic N) is 1. The molecule has 1 aromatic rings. The standard InChI is InChI=1S/C14H18N2O2/c1-10(11-6-8-12(15)9-7-11)16-13(17)4-2-3-5-14(16)18/h6-10H,2-5,15H2,1H3. The molecule has 1 unspecified atom stereocenters. The zero-order valence-electron chi connectivity index (χ0n) is 10.6. The highest BCUT2D eigenvalue weighted by atomic mass is 16.2. The summed E-state index contributed by atoms with van der Waals surface area (Å²) >= 11 is 0. The van der Waals surface area contributed by atoms with Crippen molar-refractivity contribution < 1.29 is 9.59 Å². The van der Waals surface area contributed by atoms with Crippen molar-refractivity contribution in [1.82, 2.24) is 4.90 Å². The number of rotatable bonds is 2. The molecule has 0 aliphatic carbocycles. The minimum atomic E-state index is -0.219. The Morgan fingerprint density at radius 3 is 2.06 bits per heavy atom. The van der Waals surface area contributed by atoms with Crippen molar-refractivity contribution in [2.24, 2.45) is 0 Å². The molecule has 0 bridgehead atoms. The zero-order chi connectivity index (χ0) is 13.1. The molecule has 0 radical (unpaired) electrons. The van der Waals surface area contributed by atoms with Crippen LogP contribution in [0.15, 0.2) is 24.3 Å². The van der Waals surface area contributed by atoms with Crippen LogP contribution in [0.25, 0.3) is 0 Å². The maximum Gasteiger partial charge on any atom is 0.229 e. The molecular formula is C14H18N2O2. The Labute approximate surface area is 107 Å². The van der Waals surface area contributed by atoms with Gasteiger partial charge in [0.05, 0.1) is 6.04 Å². The molecule has 18 heavy (non-hydrogen) atoms. The van der Waals surface area contributed by atoms with E-state index in [9.17, 15) is 9.59 Å². The molecule has 1 saturated heterocycles. The van der Waals surface area contributed by atoms with Gasteiger partial charge in [0.15, 0.2) is 0 Å². The van der Waals surface area contributed by atoms with Crippen molar-refractivity contribution in [3.63, 3.8) is 0 Å².